The molecule has 0 fully saturated rings. The zero-order valence-electron chi connectivity index (χ0n) is 11.2. The van der Waals surface area contributed by atoms with Crippen molar-refractivity contribution >= 4 is 22.5 Å². The molecule has 1 unspecified atom stereocenters. The first-order valence-corrected chi connectivity index (χ1v) is 7.20. The van der Waals surface area contributed by atoms with Crippen molar-refractivity contribution in [1.29, 1.82) is 0 Å². The highest BCUT2D eigenvalue weighted by molar-refractivity contribution is 7.84. The number of methoxy groups -OCH3 is 1. The van der Waals surface area contributed by atoms with Gasteiger partial charge in [-0.15, -0.1) is 0 Å². The normalized spacial score (nSPS) is 11.7. The molecule has 0 aliphatic rings. The first-order valence-electron chi connectivity index (χ1n) is 5.71. The van der Waals surface area contributed by atoms with Gasteiger partial charge in [-0.25, -0.2) is 0 Å². The number of ketones is 1. The van der Waals surface area contributed by atoms with Gasteiger partial charge in [-0.2, -0.15) is 0 Å². The predicted molar refractivity (Wildman–Crippen MR) is 73.8 cm³/mol. The molecule has 0 spiro atoms. The molecule has 0 heterocycles. The standard InChI is InChI=1S/C13H17NO4S/c1-9(15)10-4-5-12(18-3)11(6-10)7-19(17)8-13(16)14-2/h4-6H,7-8H2,1-3H3,(H,14,16). The van der Waals surface area contributed by atoms with Crippen LogP contribution in [0.2, 0.25) is 0 Å². The summed E-state index contributed by atoms with van der Waals surface area (Å²) in [5, 5.41) is 2.42. The highest BCUT2D eigenvalue weighted by Crippen LogP contribution is 2.21. The summed E-state index contributed by atoms with van der Waals surface area (Å²) in [5.41, 5.74) is 1.20. The Hall–Kier alpha value is -1.69. The predicted octanol–water partition coefficient (Wildman–Crippen LogP) is 0.892. The van der Waals surface area contributed by atoms with E-state index in [1.807, 2.05) is 0 Å². The summed E-state index contributed by atoms with van der Waals surface area (Å²) in [6.07, 6.45) is 0. The molecule has 1 rings (SSSR count). The van der Waals surface area contributed by atoms with Gasteiger partial charge in [0.2, 0.25) is 5.91 Å². The van der Waals surface area contributed by atoms with Crippen molar-refractivity contribution in [2.75, 3.05) is 19.9 Å². The Bertz CT molecular complexity index is 513. The number of rotatable bonds is 6. The van der Waals surface area contributed by atoms with Gasteiger partial charge in [-0.1, -0.05) is 0 Å². The summed E-state index contributed by atoms with van der Waals surface area (Å²) in [4.78, 5) is 22.5. The lowest BCUT2D eigenvalue weighted by atomic mass is 10.1. The maximum Gasteiger partial charge on any atom is 0.232 e. The minimum atomic E-state index is -1.34. The quantitative estimate of drug-likeness (QED) is 0.787. The third-order valence-corrected chi connectivity index (χ3v) is 3.79. The van der Waals surface area contributed by atoms with Crippen LogP contribution in [0.5, 0.6) is 5.75 Å². The van der Waals surface area contributed by atoms with Gasteiger partial charge in [0, 0.05) is 29.0 Å². The molecular formula is C13H17NO4S. The molecule has 0 saturated heterocycles. The Morgan fingerprint density at radius 2 is 2.05 bits per heavy atom. The summed E-state index contributed by atoms with van der Waals surface area (Å²) >= 11 is 0. The topological polar surface area (TPSA) is 72.5 Å². The minimum absolute atomic E-state index is 0.0655. The zero-order valence-corrected chi connectivity index (χ0v) is 12.0. The summed E-state index contributed by atoms with van der Waals surface area (Å²) in [6.45, 7) is 1.47. The van der Waals surface area contributed by atoms with Crippen LogP contribution in [-0.4, -0.2) is 35.8 Å². The molecule has 0 bridgehead atoms. The molecule has 1 amide bonds. The lowest BCUT2D eigenvalue weighted by Crippen LogP contribution is -2.24. The summed E-state index contributed by atoms with van der Waals surface area (Å²) in [6, 6.07) is 4.98. The fraction of sp³-hybridized carbons (Fsp3) is 0.385. The van der Waals surface area contributed by atoms with Crippen LogP contribution in [-0.2, 0) is 21.3 Å². The Kier molecular flexibility index (Phi) is 5.69. The van der Waals surface area contributed by atoms with Gasteiger partial charge in [-0.3, -0.25) is 13.8 Å². The van der Waals surface area contributed by atoms with Crippen LogP contribution in [0.15, 0.2) is 18.2 Å². The number of ether oxygens (including phenoxy) is 1. The molecule has 0 aliphatic heterocycles. The fourth-order valence-corrected chi connectivity index (χ4v) is 2.66. The monoisotopic (exact) mass is 283 g/mol. The second kappa shape index (κ2) is 7.04. The molecule has 1 aromatic carbocycles. The number of benzene rings is 1. The van der Waals surface area contributed by atoms with Crippen LogP contribution in [0.4, 0.5) is 0 Å². The minimum Gasteiger partial charge on any atom is -0.496 e. The SMILES string of the molecule is CNC(=O)CS(=O)Cc1cc(C(C)=O)ccc1OC. The van der Waals surface area contributed by atoms with Crippen molar-refractivity contribution in [3.8, 4) is 5.75 Å². The van der Waals surface area contributed by atoms with E-state index >= 15 is 0 Å². The first kappa shape index (κ1) is 15.4. The summed E-state index contributed by atoms with van der Waals surface area (Å²) in [7, 11) is 1.67. The van der Waals surface area contributed by atoms with Crippen LogP contribution >= 0.6 is 0 Å². The largest absolute Gasteiger partial charge is 0.496 e. The first-order chi connectivity index (χ1) is 8.97. The highest BCUT2D eigenvalue weighted by atomic mass is 32.2. The van der Waals surface area contributed by atoms with Crippen molar-refractivity contribution in [2.24, 2.45) is 0 Å². The van der Waals surface area contributed by atoms with Gasteiger partial charge < -0.3 is 10.1 Å². The molecule has 0 saturated carbocycles. The van der Waals surface area contributed by atoms with Crippen LogP contribution < -0.4 is 10.1 Å². The Morgan fingerprint density at radius 1 is 1.37 bits per heavy atom. The van der Waals surface area contributed by atoms with E-state index < -0.39 is 10.8 Å². The molecule has 1 aromatic rings. The van der Waals surface area contributed by atoms with Gasteiger partial charge in [0.1, 0.15) is 11.5 Å². The van der Waals surface area contributed by atoms with Gasteiger partial charge in [-0.05, 0) is 25.1 Å². The summed E-state index contributed by atoms with van der Waals surface area (Å²) in [5.74, 6) is 0.332. The van der Waals surface area contributed by atoms with Crippen molar-refractivity contribution in [2.45, 2.75) is 12.7 Å². The smallest absolute Gasteiger partial charge is 0.232 e. The number of carbonyl (C=O) groups is 2. The maximum atomic E-state index is 11.8. The summed E-state index contributed by atoms with van der Waals surface area (Å²) < 4.78 is 17.0. The van der Waals surface area contributed by atoms with Gasteiger partial charge >= 0.3 is 0 Å². The zero-order chi connectivity index (χ0) is 14.4. The van der Waals surface area contributed by atoms with Gasteiger partial charge in [0.15, 0.2) is 5.78 Å². The second-order valence-corrected chi connectivity index (χ2v) is 5.44. The van der Waals surface area contributed by atoms with Crippen molar-refractivity contribution < 1.29 is 18.5 Å². The molecule has 1 N–H and O–H groups in total. The van der Waals surface area contributed by atoms with E-state index in [0.29, 0.717) is 16.9 Å². The third-order valence-electron chi connectivity index (χ3n) is 2.57. The molecule has 1 atom stereocenters. The van der Waals surface area contributed by atoms with Crippen molar-refractivity contribution in [1.82, 2.24) is 5.32 Å². The van der Waals surface area contributed by atoms with E-state index in [1.165, 1.54) is 21.1 Å². The van der Waals surface area contributed by atoms with E-state index in [9.17, 15) is 13.8 Å². The Balaban J connectivity index is 2.91. The van der Waals surface area contributed by atoms with Crippen molar-refractivity contribution in [3.05, 3.63) is 29.3 Å². The molecule has 6 heteroatoms. The van der Waals surface area contributed by atoms with Crippen LogP contribution in [0.3, 0.4) is 0 Å². The van der Waals surface area contributed by atoms with E-state index in [4.69, 9.17) is 4.74 Å². The van der Waals surface area contributed by atoms with Gasteiger partial charge in [0.25, 0.3) is 0 Å². The molecule has 104 valence electrons. The third kappa shape index (κ3) is 4.48. The van der Waals surface area contributed by atoms with E-state index in [0.717, 1.165) is 0 Å². The molecule has 0 radical (unpaired) electrons. The lowest BCUT2D eigenvalue weighted by Gasteiger charge is -2.09. The number of hydrogen-bond acceptors (Lipinski definition) is 4. The average Bonchev–Trinajstić information content (AvgIpc) is 2.38. The fourth-order valence-electron chi connectivity index (χ4n) is 1.55. The number of amides is 1. The number of hydrogen-bond donors (Lipinski definition) is 1. The van der Waals surface area contributed by atoms with E-state index in [1.54, 1.807) is 18.2 Å². The Labute approximate surface area is 114 Å². The maximum absolute atomic E-state index is 11.8. The lowest BCUT2D eigenvalue weighted by molar-refractivity contribution is -0.118. The Morgan fingerprint density at radius 3 is 2.58 bits per heavy atom. The number of nitrogens with one attached hydrogen (secondary N) is 1. The van der Waals surface area contributed by atoms with E-state index in [2.05, 4.69) is 5.32 Å². The van der Waals surface area contributed by atoms with Gasteiger partial charge in [0.05, 0.1) is 12.9 Å². The molecule has 0 aromatic heterocycles. The van der Waals surface area contributed by atoms with Crippen LogP contribution in [0.1, 0.15) is 22.8 Å². The molecule has 0 aliphatic carbocycles. The molecule has 19 heavy (non-hydrogen) atoms. The number of Topliss-reactive ketones (excluding diaryl/α,β-unsaturated/α-hetero) is 1. The number of carbonyl (C=O) groups excluding carboxylic acids is 2. The molecule has 5 nitrogen and oxygen atoms in total. The molecular weight excluding hydrogens is 266 g/mol. The average molecular weight is 283 g/mol. The second-order valence-electron chi connectivity index (χ2n) is 3.98. The van der Waals surface area contributed by atoms with E-state index in [-0.39, 0.29) is 23.2 Å². The van der Waals surface area contributed by atoms with Crippen LogP contribution in [0.25, 0.3) is 0 Å². The van der Waals surface area contributed by atoms with Crippen molar-refractivity contribution in [3.63, 3.8) is 0 Å². The highest BCUT2D eigenvalue weighted by Gasteiger charge is 2.12. The van der Waals surface area contributed by atoms with Crippen LogP contribution in [0, 0.1) is 0 Å².